The number of thiazole rings is 1. The van der Waals surface area contributed by atoms with Crippen LogP contribution in [0, 0.1) is 12.8 Å². The first-order chi connectivity index (χ1) is 13.7. The molecule has 0 aromatic carbocycles. The van der Waals surface area contributed by atoms with Gasteiger partial charge < -0.3 is 10.6 Å². The molecule has 1 saturated heterocycles. The lowest BCUT2D eigenvalue weighted by molar-refractivity contribution is 0.179. The average Bonchev–Trinajstić information content (AvgIpc) is 3.12. The Morgan fingerprint density at radius 1 is 1.24 bits per heavy atom. The molecule has 1 aliphatic rings. The third kappa shape index (κ3) is 8.55. The number of aliphatic imine (C=N–C) groups is 1. The number of aromatic nitrogens is 2. The molecule has 2 aromatic rings. The van der Waals surface area contributed by atoms with Crippen LogP contribution < -0.4 is 10.6 Å². The van der Waals surface area contributed by atoms with E-state index in [0.717, 1.165) is 62.4 Å². The molecule has 160 valence electrons. The van der Waals surface area contributed by atoms with Crippen molar-refractivity contribution < 1.29 is 0 Å². The molecule has 0 amide bonds. The molecule has 0 aliphatic carbocycles. The topological polar surface area (TPSA) is 65.4 Å². The Labute approximate surface area is 195 Å². The van der Waals surface area contributed by atoms with E-state index in [-0.39, 0.29) is 24.0 Å². The zero-order chi connectivity index (χ0) is 19.6. The van der Waals surface area contributed by atoms with E-state index < -0.39 is 0 Å². The molecule has 0 spiro atoms. The summed E-state index contributed by atoms with van der Waals surface area (Å²) in [6.45, 7) is 10.1. The maximum atomic E-state index is 4.83. The maximum absolute atomic E-state index is 4.83. The summed E-state index contributed by atoms with van der Waals surface area (Å²) in [6, 6.07) is 6.04. The zero-order valence-corrected chi connectivity index (χ0v) is 20.6. The van der Waals surface area contributed by atoms with Crippen LogP contribution in [0.5, 0.6) is 0 Å². The summed E-state index contributed by atoms with van der Waals surface area (Å²) in [7, 11) is 0. The first-order valence-electron chi connectivity index (χ1n) is 10.3. The van der Waals surface area contributed by atoms with E-state index in [9.17, 15) is 0 Å². The number of guanidine groups is 1. The second kappa shape index (κ2) is 13.1. The molecule has 0 radical (unpaired) electrons. The van der Waals surface area contributed by atoms with Gasteiger partial charge in [0.05, 0.1) is 10.7 Å². The van der Waals surface area contributed by atoms with Crippen molar-refractivity contribution >= 4 is 41.3 Å². The molecule has 0 bridgehead atoms. The minimum atomic E-state index is 0. The van der Waals surface area contributed by atoms with Gasteiger partial charge in [0.25, 0.3) is 0 Å². The van der Waals surface area contributed by atoms with Crippen LogP contribution in [0.15, 0.2) is 34.8 Å². The lowest BCUT2D eigenvalue weighted by atomic mass is 9.97. The number of aryl methyl sites for hydroxylation is 1. The lowest BCUT2D eigenvalue weighted by Gasteiger charge is -2.30. The summed E-state index contributed by atoms with van der Waals surface area (Å²) in [4.78, 5) is 16.3. The van der Waals surface area contributed by atoms with Gasteiger partial charge in [0.1, 0.15) is 0 Å². The molecule has 2 aromatic heterocycles. The van der Waals surface area contributed by atoms with Crippen LogP contribution in [0.1, 0.15) is 36.2 Å². The SMILES string of the molecule is CCNC(=NCC1CCN(Cc2csc(C)n2)CC1)NCCc1ccccn1.I. The second-order valence-electron chi connectivity index (χ2n) is 7.29. The van der Waals surface area contributed by atoms with Crippen LogP contribution in [0.4, 0.5) is 0 Å². The Balaban J connectivity index is 0.00000300. The van der Waals surface area contributed by atoms with Crippen LogP contribution in [0.25, 0.3) is 0 Å². The Kier molecular flexibility index (Phi) is 10.9. The average molecular weight is 529 g/mol. The molecular weight excluding hydrogens is 495 g/mol. The van der Waals surface area contributed by atoms with Gasteiger partial charge >= 0.3 is 0 Å². The van der Waals surface area contributed by atoms with Crippen molar-refractivity contribution in [1.82, 2.24) is 25.5 Å². The summed E-state index contributed by atoms with van der Waals surface area (Å²) >= 11 is 1.74. The number of pyridine rings is 1. The number of hydrogen-bond acceptors (Lipinski definition) is 5. The first kappa shape index (κ1) is 24.0. The van der Waals surface area contributed by atoms with Crippen molar-refractivity contribution in [2.75, 3.05) is 32.7 Å². The van der Waals surface area contributed by atoms with E-state index in [2.05, 4.69) is 50.8 Å². The normalized spacial score (nSPS) is 15.7. The van der Waals surface area contributed by atoms with Gasteiger partial charge in [-0.2, -0.15) is 0 Å². The van der Waals surface area contributed by atoms with E-state index in [0.29, 0.717) is 5.92 Å². The van der Waals surface area contributed by atoms with Crippen LogP contribution in [0.3, 0.4) is 0 Å². The Bertz CT molecular complexity index is 728. The fraction of sp³-hybridized carbons (Fsp3) is 0.571. The first-order valence-corrected chi connectivity index (χ1v) is 11.2. The Morgan fingerprint density at radius 2 is 2.07 bits per heavy atom. The molecule has 0 atom stereocenters. The number of nitrogens with zero attached hydrogens (tertiary/aromatic N) is 4. The molecular formula is C21H33IN6S. The van der Waals surface area contributed by atoms with Crippen LogP contribution in [0.2, 0.25) is 0 Å². The molecule has 29 heavy (non-hydrogen) atoms. The molecule has 3 rings (SSSR count). The minimum Gasteiger partial charge on any atom is -0.357 e. The number of rotatable bonds is 8. The predicted molar refractivity (Wildman–Crippen MR) is 132 cm³/mol. The molecule has 1 fully saturated rings. The molecule has 6 nitrogen and oxygen atoms in total. The number of hydrogen-bond donors (Lipinski definition) is 2. The number of likely N-dealkylation sites (tertiary alicyclic amines) is 1. The number of halogens is 1. The predicted octanol–water partition coefficient (Wildman–Crippen LogP) is 3.47. The largest absolute Gasteiger partial charge is 0.357 e. The summed E-state index contributed by atoms with van der Waals surface area (Å²) in [5.41, 5.74) is 2.32. The van der Waals surface area contributed by atoms with E-state index in [1.54, 1.807) is 11.3 Å². The van der Waals surface area contributed by atoms with Gasteiger partial charge in [-0.05, 0) is 57.8 Å². The van der Waals surface area contributed by atoms with E-state index in [4.69, 9.17) is 4.99 Å². The highest BCUT2D eigenvalue weighted by molar-refractivity contribution is 14.0. The fourth-order valence-electron chi connectivity index (χ4n) is 3.45. The smallest absolute Gasteiger partial charge is 0.191 e. The van der Waals surface area contributed by atoms with Gasteiger partial charge in [0.15, 0.2) is 5.96 Å². The third-order valence-corrected chi connectivity index (χ3v) is 5.83. The summed E-state index contributed by atoms with van der Waals surface area (Å²) in [6.07, 6.45) is 5.16. The van der Waals surface area contributed by atoms with E-state index in [1.807, 2.05) is 18.3 Å². The second-order valence-corrected chi connectivity index (χ2v) is 8.36. The number of nitrogens with one attached hydrogen (secondary N) is 2. The Hall–Kier alpha value is -1.26. The van der Waals surface area contributed by atoms with Crippen molar-refractivity contribution in [3.8, 4) is 0 Å². The maximum Gasteiger partial charge on any atom is 0.191 e. The van der Waals surface area contributed by atoms with Gasteiger partial charge in [-0.15, -0.1) is 35.3 Å². The standard InChI is InChI=1S/C21H32N6S.HI/c1-3-22-21(24-11-7-19-6-4-5-10-23-19)25-14-18-8-12-27(13-9-18)15-20-16-28-17(2)26-20;/h4-6,10,16,18H,3,7-9,11-15H2,1-2H3,(H2,22,24,25);1H. The minimum absolute atomic E-state index is 0. The van der Waals surface area contributed by atoms with Crippen molar-refractivity contribution in [3.63, 3.8) is 0 Å². The van der Waals surface area contributed by atoms with Crippen molar-refractivity contribution in [1.29, 1.82) is 0 Å². The molecule has 0 unspecified atom stereocenters. The lowest BCUT2D eigenvalue weighted by Crippen LogP contribution is -2.39. The summed E-state index contributed by atoms with van der Waals surface area (Å²) in [5, 5.41) is 10.1. The van der Waals surface area contributed by atoms with Crippen LogP contribution >= 0.6 is 35.3 Å². The van der Waals surface area contributed by atoms with Crippen molar-refractivity contribution in [2.45, 2.75) is 39.7 Å². The van der Waals surface area contributed by atoms with Gasteiger partial charge in [0, 0.05) is 49.9 Å². The van der Waals surface area contributed by atoms with Gasteiger partial charge in [-0.1, -0.05) is 6.07 Å². The van der Waals surface area contributed by atoms with E-state index in [1.165, 1.54) is 18.5 Å². The summed E-state index contributed by atoms with van der Waals surface area (Å²) in [5.74, 6) is 1.58. The number of piperidine rings is 1. The Morgan fingerprint density at radius 3 is 2.72 bits per heavy atom. The molecule has 0 saturated carbocycles. The van der Waals surface area contributed by atoms with Crippen LogP contribution in [-0.2, 0) is 13.0 Å². The highest BCUT2D eigenvalue weighted by Gasteiger charge is 2.19. The molecule has 8 heteroatoms. The highest BCUT2D eigenvalue weighted by Crippen LogP contribution is 2.20. The third-order valence-electron chi connectivity index (χ3n) is 5.01. The van der Waals surface area contributed by atoms with Gasteiger partial charge in [0.2, 0.25) is 0 Å². The molecule has 3 heterocycles. The van der Waals surface area contributed by atoms with Gasteiger partial charge in [-0.25, -0.2) is 4.98 Å². The zero-order valence-electron chi connectivity index (χ0n) is 17.4. The van der Waals surface area contributed by atoms with Gasteiger partial charge in [-0.3, -0.25) is 14.9 Å². The molecule has 2 N–H and O–H groups in total. The monoisotopic (exact) mass is 528 g/mol. The summed E-state index contributed by atoms with van der Waals surface area (Å²) < 4.78 is 0. The van der Waals surface area contributed by atoms with Crippen LogP contribution in [-0.4, -0.2) is 53.6 Å². The fourth-order valence-corrected chi connectivity index (χ4v) is 4.06. The quantitative estimate of drug-likeness (QED) is 0.312. The van der Waals surface area contributed by atoms with Crippen molar-refractivity contribution in [2.24, 2.45) is 10.9 Å². The van der Waals surface area contributed by atoms with Crippen molar-refractivity contribution in [3.05, 3.63) is 46.2 Å². The van der Waals surface area contributed by atoms with E-state index >= 15 is 0 Å². The highest BCUT2D eigenvalue weighted by atomic mass is 127. The molecule has 1 aliphatic heterocycles.